The van der Waals surface area contributed by atoms with Crippen LogP contribution in [0.15, 0.2) is 24.3 Å². The third-order valence-electron chi connectivity index (χ3n) is 3.60. The molecular formula is C17H25NO4. The van der Waals surface area contributed by atoms with Gasteiger partial charge in [-0.15, -0.1) is 0 Å². The molecule has 0 saturated heterocycles. The summed E-state index contributed by atoms with van der Waals surface area (Å²) in [6, 6.07) is 6.90. The molecule has 2 atom stereocenters. The highest BCUT2D eigenvalue weighted by molar-refractivity contribution is 5.80. The Morgan fingerprint density at radius 2 is 1.82 bits per heavy atom. The van der Waals surface area contributed by atoms with Crippen LogP contribution in [0.5, 0.6) is 5.75 Å². The van der Waals surface area contributed by atoms with Gasteiger partial charge in [0.1, 0.15) is 5.75 Å². The van der Waals surface area contributed by atoms with E-state index >= 15 is 0 Å². The first-order valence-corrected chi connectivity index (χ1v) is 7.52. The predicted octanol–water partition coefficient (Wildman–Crippen LogP) is 2.85. The molecule has 122 valence electrons. The van der Waals surface area contributed by atoms with Crippen molar-refractivity contribution < 1.29 is 19.1 Å². The van der Waals surface area contributed by atoms with E-state index in [1.165, 1.54) is 7.11 Å². The first-order valence-electron chi connectivity index (χ1n) is 7.52. The smallest absolute Gasteiger partial charge is 0.307 e. The molecule has 1 aromatic rings. The maximum atomic E-state index is 12.2. The van der Waals surface area contributed by atoms with E-state index in [1.54, 1.807) is 19.2 Å². The fourth-order valence-electron chi connectivity index (χ4n) is 2.22. The molecule has 0 bridgehead atoms. The summed E-state index contributed by atoms with van der Waals surface area (Å²) in [5.41, 5.74) is 0.850. The molecule has 1 amide bonds. The Balaban J connectivity index is 2.87. The lowest BCUT2D eigenvalue weighted by Gasteiger charge is -2.21. The van der Waals surface area contributed by atoms with Gasteiger partial charge in [-0.05, 0) is 24.1 Å². The summed E-state index contributed by atoms with van der Waals surface area (Å²) in [6.45, 7) is 3.93. The average Bonchev–Trinajstić information content (AvgIpc) is 2.54. The number of amides is 1. The van der Waals surface area contributed by atoms with Gasteiger partial charge in [0, 0.05) is 5.92 Å². The monoisotopic (exact) mass is 307 g/mol. The summed E-state index contributed by atoms with van der Waals surface area (Å²) in [6.07, 6.45) is 1.87. The Morgan fingerprint density at radius 3 is 2.32 bits per heavy atom. The number of ether oxygens (including phenoxy) is 2. The molecule has 0 saturated carbocycles. The lowest BCUT2D eigenvalue weighted by molar-refractivity contribution is -0.141. The Hall–Kier alpha value is -2.04. The number of esters is 1. The molecular weight excluding hydrogens is 282 g/mol. The molecule has 0 aliphatic heterocycles. The molecule has 1 rings (SSSR count). The van der Waals surface area contributed by atoms with Crippen molar-refractivity contribution in [3.8, 4) is 5.75 Å². The summed E-state index contributed by atoms with van der Waals surface area (Å²) in [7, 11) is 2.93. The zero-order valence-corrected chi connectivity index (χ0v) is 13.7. The van der Waals surface area contributed by atoms with Crippen LogP contribution in [-0.2, 0) is 14.3 Å². The number of methoxy groups -OCH3 is 2. The van der Waals surface area contributed by atoms with E-state index in [2.05, 4.69) is 5.32 Å². The van der Waals surface area contributed by atoms with Crippen LogP contribution in [0.4, 0.5) is 0 Å². The molecule has 0 spiro atoms. The highest BCUT2D eigenvalue weighted by Crippen LogP contribution is 2.21. The molecule has 5 heteroatoms. The minimum atomic E-state index is -0.398. The van der Waals surface area contributed by atoms with Gasteiger partial charge in [-0.2, -0.15) is 0 Å². The van der Waals surface area contributed by atoms with Gasteiger partial charge < -0.3 is 14.8 Å². The number of carbonyl (C=O) groups excluding carboxylic acids is 2. The molecule has 0 aromatic heterocycles. The fourth-order valence-corrected chi connectivity index (χ4v) is 2.22. The highest BCUT2D eigenvalue weighted by Gasteiger charge is 2.21. The van der Waals surface area contributed by atoms with Crippen LogP contribution < -0.4 is 10.1 Å². The van der Waals surface area contributed by atoms with E-state index < -0.39 is 6.04 Å². The minimum Gasteiger partial charge on any atom is -0.497 e. The second kappa shape index (κ2) is 9.07. The Morgan fingerprint density at radius 1 is 1.18 bits per heavy atom. The van der Waals surface area contributed by atoms with Crippen LogP contribution in [-0.4, -0.2) is 26.1 Å². The number of hydrogen-bond acceptors (Lipinski definition) is 4. The fraction of sp³-hybridized carbons (Fsp3) is 0.529. The maximum Gasteiger partial charge on any atom is 0.307 e. The van der Waals surface area contributed by atoms with Crippen LogP contribution in [0.3, 0.4) is 0 Å². The molecule has 0 unspecified atom stereocenters. The summed E-state index contributed by atoms with van der Waals surface area (Å²) in [4.78, 5) is 23.8. The molecule has 5 nitrogen and oxygen atoms in total. The minimum absolute atomic E-state index is 0.0495. The van der Waals surface area contributed by atoms with Crippen LogP contribution in [0.1, 0.15) is 44.7 Å². The van der Waals surface area contributed by atoms with Gasteiger partial charge in [-0.25, -0.2) is 0 Å². The average molecular weight is 307 g/mol. The molecule has 22 heavy (non-hydrogen) atoms. The highest BCUT2D eigenvalue weighted by atomic mass is 16.5. The van der Waals surface area contributed by atoms with Crippen molar-refractivity contribution >= 4 is 11.9 Å². The first kappa shape index (κ1) is 18.0. The Labute approximate surface area is 132 Å². The van der Waals surface area contributed by atoms with Crippen molar-refractivity contribution in [2.24, 2.45) is 5.92 Å². The van der Waals surface area contributed by atoms with E-state index in [-0.39, 0.29) is 24.2 Å². The zero-order chi connectivity index (χ0) is 16.5. The molecule has 0 fully saturated rings. The summed E-state index contributed by atoms with van der Waals surface area (Å²) < 4.78 is 9.85. The SMILES string of the molecule is CCC[C@H](C)C(=O)N[C@H](CC(=O)OC)c1ccc(OC)cc1. The first-order chi connectivity index (χ1) is 10.5. The molecule has 0 aliphatic carbocycles. The Bertz CT molecular complexity index is 484. The van der Waals surface area contributed by atoms with Crippen molar-refractivity contribution in [1.82, 2.24) is 5.32 Å². The van der Waals surface area contributed by atoms with Gasteiger partial charge in [0.25, 0.3) is 0 Å². The normalized spacial score (nSPS) is 13.1. The van der Waals surface area contributed by atoms with Gasteiger partial charge in [-0.3, -0.25) is 9.59 Å². The molecule has 0 heterocycles. The standard InChI is InChI=1S/C17H25NO4/c1-5-6-12(2)17(20)18-15(11-16(19)22-4)13-7-9-14(21-3)10-8-13/h7-10,12,15H,5-6,11H2,1-4H3,(H,18,20)/t12-,15+/m0/s1. The van der Waals surface area contributed by atoms with Crippen molar-refractivity contribution in [2.45, 2.75) is 39.2 Å². The summed E-state index contributed by atoms with van der Waals surface area (Å²) in [5, 5.41) is 2.94. The Kier molecular flexibility index (Phi) is 7.43. The van der Waals surface area contributed by atoms with Crippen LogP contribution in [0, 0.1) is 5.92 Å². The van der Waals surface area contributed by atoms with Gasteiger partial charge in [0.15, 0.2) is 0 Å². The van der Waals surface area contributed by atoms with E-state index in [0.29, 0.717) is 0 Å². The van der Waals surface area contributed by atoms with Gasteiger partial charge in [0.2, 0.25) is 5.91 Å². The summed E-state index contributed by atoms with van der Waals surface area (Å²) in [5.74, 6) is 0.241. The van der Waals surface area contributed by atoms with E-state index in [9.17, 15) is 9.59 Å². The van der Waals surface area contributed by atoms with Crippen LogP contribution >= 0.6 is 0 Å². The lowest BCUT2D eigenvalue weighted by atomic mass is 10.0. The zero-order valence-electron chi connectivity index (χ0n) is 13.7. The van der Waals surface area contributed by atoms with Crippen LogP contribution in [0.2, 0.25) is 0 Å². The van der Waals surface area contributed by atoms with Crippen molar-refractivity contribution in [1.29, 1.82) is 0 Å². The van der Waals surface area contributed by atoms with Gasteiger partial charge in [0.05, 0.1) is 26.7 Å². The van der Waals surface area contributed by atoms with E-state index in [4.69, 9.17) is 9.47 Å². The number of hydrogen-bond donors (Lipinski definition) is 1. The second-order valence-electron chi connectivity index (χ2n) is 5.30. The molecule has 0 aliphatic rings. The number of carbonyl (C=O) groups is 2. The largest absolute Gasteiger partial charge is 0.497 e. The topological polar surface area (TPSA) is 64.6 Å². The maximum absolute atomic E-state index is 12.2. The molecule has 1 aromatic carbocycles. The predicted molar refractivity (Wildman–Crippen MR) is 84.6 cm³/mol. The second-order valence-corrected chi connectivity index (χ2v) is 5.30. The quantitative estimate of drug-likeness (QED) is 0.750. The van der Waals surface area contributed by atoms with Crippen molar-refractivity contribution in [3.63, 3.8) is 0 Å². The van der Waals surface area contributed by atoms with Crippen molar-refractivity contribution in [3.05, 3.63) is 29.8 Å². The number of rotatable bonds is 8. The number of nitrogens with one attached hydrogen (secondary N) is 1. The van der Waals surface area contributed by atoms with Gasteiger partial charge in [-0.1, -0.05) is 32.4 Å². The summed E-state index contributed by atoms with van der Waals surface area (Å²) >= 11 is 0. The molecule has 0 radical (unpaired) electrons. The van der Waals surface area contributed by atoms with Crippen LogP contribution in [0.25, 0.3) is 0 Å². The third-order valence-corrected chi connectivity index (χ3v) is 3.60. The van der Waals surface area contributed by atoms with Crippen molar-refractivity contribution in [2.75, 3.05) is 14.2 Å². The van der Waals surface area contributed by atoms with Gasteiger partial charge >= 0.3 is 5.97 Å². The third kappa shape index (κ3) is 5.39. The number of benzene rings is 1. The van der Waals surface area contributed by atoms with E-state index in [1.807, 2.05) is 26.0 Å². The van der Waals surface area contributed by atoms with E-state index in [0.717, 1.165) is 24.2 Å². The molecule has 1 N–H and O–H groups in total. The lowest BCUT2D eigenvalue weighted by Crippen LogP contribution is -2.34.